The normalized spacial score (nSPS) is 20.9. The van der Waals surface area contributed by atoms with Crippen LogP contribution in [0.1, 0.15) is 18.4 Å². The number of carbonyl (C=O) groups is 1. The fraction of sp³-hybridized carbons (Fsp3) is 0.462. The van der Waals surface area contributed by atoms with Crippen LogP contribution in [-0.4, -0.2) is 23.9 Å². The largest absolute Gasteiger partial charge is 0.369 e. The van der Waals surface area contributed by atoms with Gasteiger partial charge in [-0.1, -0.05) is 6.07 Å². The number of hydrogen-bond donors (Lipinski definition) is 1. The molecule has 1 atom stereocenters. The first-order valence-electron chi connectivity index (χ1n) is 6.02. The molecule has 0 unspecified atom stereocenters. The van der Waals surface area contributed by atoms with E-state index in [4.69, 9.17) is 5.73 Å². The standard InChI is InChI=1S/C13H16F2N2O/c14-11-4-3-9(6-12(11)15)7-17-5-1-2-10(8-17)13(16)18/h3-4,6,10H,1-2,5,7-8H2,(H2,16,18)/t10-/m0/s1. The van der Waals surface area contributed by atoms with Gasteiger partial charge in [0.1, 0.15) is 0 Å². The lowest BCUT2D eigenvalue weighted by molar-refractivity contribution is -0.123. The van der Waals surface area contributed by atoms with Crippen LogP contribution in [-0.2, 0) is 11.3 Å². The van der Waals surface area contributed by atoms with E-state index >= 15 is 0 Å². The predicted molar refractivity (Wildman–Crippen MR) is 63.6 cm³/mol. The molecule has 1 aliphatic rings. The highest BCUT2D eigenvalue weighted by molar-refractivity contribution is 5.76. The van der Waals surface area contributed by atoms with Crippen LogP contribution in [0.15, 0.2) is 18.2 Å². The molecule has 3 nitrogen and oxygen atoms in total. The number of halogens is 2. The van der Waals surface area contributed by atoms with Crippen molar-refractivity contribution >= 4 is 5.91 Å². The SMILES string of the molecule is NC(=O)[C@H]1CCCN(Cc2ccc(F)c(F)c2)C1. The van der Waals surface area contributed by atoms with Crippen molar-refractivity contribution in [3.05, 3.63) is 35.4 Å². The summed E-state index contributed by atoms with van der Waals surface area (Å²) in [5, 5.41) is 0. The van der Waals surface area contributed by atoms with Crippen LogP contribution in [0.25, 0.3) is 0 Å². The molecule has 0 radical (unpaired) electrons. The zero-order valence-electron chi connectivity index (χ0n) is 10.0. The van der Waals surface area contributed by atoms with Gasteiger partial charge < -0.3 is 5.73 Å². The number of amides is 1. The second-order valence-electron chi connectivity index (χ2n) is 4.73. The van der Waals surface area contributed by atoms with Crippen LogP contribution < -0.4 is 5.73 Å². The number of nitrogens with zero attached hydrogens (tertiary/aromatic N) is 1. The maximum Gasteiger partial charge on any atom is 0.221 e. The summed E-state index contributed by atoms with van der Waals surface area (Å²) in [6, 6.07) is 3.88. The maximum atomic E-state index is 13.1. The molecule has 1 fully saturated rings. The first-order valence-corrected chi connectivity index (χ1v) is 6.02. The number of rotatable bonds is 3. The van der Waals surface area contributed by atoms with Gasteiger partial charge >= 0.3 is 0 Å². The number of primary amides is 1. The molecule has 0 aliphatic carbocycles. The molecule has 0 saturated carbocycles. The molecule has 1 heterocycles. The Morgan fingerprint density at radius 2 is 2.17 bits per heavy atom. The number of hydrogen-bond acceptors (Lipinski definition) is 2. The molecule has 18 heavy (non-hydrogen) atoms. The first kappa shape index (κ1) is 13.0. The van der Waals surface area contributed by atoms with E-state index in [-0.39, 0.29) is 11.8 Å². The molecular formula is C13H16F2N2O. The Kier molecular flexibility index (Phi) is 3.91. The van der Waals surface area contributed by atoms with Gasteiger partial charge in [-0.3, -0.25) is 9.69 Å². The minimum Gasteiger partial charge on any atom is -0.369 e. The van der Waals surface area contributed by atoms with E-state index in [1.807, 2.05) is 4.90 Å². The number of benzene rings is 1. The lowest BCUT2D eigenvalue weighted by Gasteiger charge is -2.31. The van der Waals surface area contributed by atoms with Crippen molar-refractivity contribution in [2.45, 2.75) is 19.4 Å². The van der Waals surface area contributed by atoms with Gasteiger partial charge in [-0.2, -0.15) is 0 Å². The first-order chi connectivity index (χ1) is 8.56. The molecule has 1 amide bonds. The minimum absolute atomic E-state index is 0.135. The highest BCUT2D eigenvalue weighted by Crippen LogP contribution is 2.19. The van der Waals surface area contributed by atoms with Crippen molar-refractivity contribution in [1.82, 2.24) is 4.90 Å². The molecule has 0 aromatic heterocycles. The highest BCUT2D eigenvalue weighted by Gasteiger charge is 2.23. The van der Waals surface area contributed by atoms with E-state index in [0.29, 0.717) is 18.7 Å². The van der Waals surface area contributed by atoms with Gasteiger partial charge in [0.25, 0.3) is 0 Å². The van der Waals surface area contributed by atoms with Gasteiger partial charge in [0.05, 0.1) is 5.92 Å². The molecule has 5 heteroatoms. The lowest BCUT2D eigenvalue weighted by atomic mass is 9.97. The highest BCUT2D eigenvalue weighted by atomic mass is 19.2. The number of carbonyl (C=O) groups excluding carboxylic acids is 1. The third kappa shape index (κ3) is 3.04. The van der Waals surface area contributed by atoms with Crippen molar-refractivity contribution < 1.29 is 13.6 Å². The molecule has 98 valence electrons. The molecule has 2 rings (SSSR count). The van der Waals surface area contributed by atoms with Crippen molar-refractivity contribution in [3.63, 3.8) is 0 Å². The fourth-order valence-electron chi connectivity index (χ4n) is 2.33. The molecule has 1 aromatic rings. The Labute approximate surface area is 105 Å². The van der Waals surface area contributed by atoms with E-state index in [1.165, 1.54) is 6.07 Å². The zero-order chi connectivity index (χ0) is 13.1. The van der Waals surface area contributed by atoms with Crippen LogP contribution in [0.2, 0.25) is 0 Å². The summed E-state index contributed by atoms with van der Waals surface area (Å²) in [5.41, 5.74) is 6.00. The number of nitrogens with two attached hydrogens (primary N) is 1. The van der Waals surface area contributed by atoms with Gasteiger partial charge in [-0.15, -0.1) is 0 Å². The molecular weight excluding hydrogens is 238 g/mol. The van der Waals surface area contributed by atoms with E-state index in [2.05, 4.69) is 0 Å². The van der Waals surface area contributed by atoms with E-state index in [1.54, 1.807) is 6.07 Å². The fourth-order valence-corrected chi connectivity index (χ4v) is 2.33. The molecule has 1 aromatic carbocycles. The molecule has 2 N–H and O–H groups in total. The Morgan fingerprint density at radius 1 is 1.39 bits per heavy atom. The summed E-state index contributed by atoms with van der Waals surface area (Å²) in [4.78, 5) is 13.2. The average molecular weight is 254 g/mol. The van der Waals surface area contributed by atoms with E-state index < -0.39 is 11.6 Å². The third-order valence-corrected chi connectivity index (χ3v) is 3.30. The van der Waals surface area contributed by atoms with Crippen molar-refractivity contribution in [2.24, 2.45) is 11.7 Å². The third-order valence-electron chi connectivity index (χ3n) is 3.30. The smallest absolute Gasteiger partial charge is 0.221 e. The van der Waals surface area contributed by atoms with Gasteiger partial charge in [0, 0.05) is 13.1 Å². The topological polar surface area (TPSA) is 46.3 Å². The second kappa shape index (κ2) is 5.44. The Morgan fingerprint density at radius 3 is 2.83 bits per heavy atom. The molecule has 1 aliphatic heterocycles. The maximum absolute atomic E-state index is 13.1. The summed E-state index contributed by atoms with van der Waals surface area (Å²) in [5.74, 6) is -2.10. The summed E-state index contributed by atoms with van der Waals surface area (Å²) in [6.45, 7) is 1.96. The van der Waals surface area contributed by atoms with Crippen molar-refractivity contribution in [3.8, 4) is 0 Å². The van der Waals surface area contributed by atoms with Gasteiger partial charge in [-0.25, -0.2) is 8.78 Å². The van der Waals surface area contributed by atoms with Gasteiger partial charge in [-0.05, 0) is 37.1 Å². The minimum atomic E-state index is -0.840. The zero-order valence-corrected chi connectivity index (χ0v) is 10.0. The van der Waals surface area contributed by atoms with Gasteiger partial charge in [0.2, 0.25) is 5.91 Å². The van der Waals surface area contributed by atoms with Crippen molar-refractivity contribution in [2.75, 3.05) is 13.1 Å². The molecule has 1 saturated heterocycles. The van der Waals surface area contributed by atoms with Crippen LogP contribution in [0.3, 0.4) is 0 Å². The molecule has 0 spiro atoms. The van der Waals surface area contributed by atoms with Gasteiger partial charge in [0.15, 0.2) is 11.6 Å². The van der Waals surface area contributed by atoms with E-state index in [9.17, 15) is 13.6 Å². The summed E-state index contributed by atoms with van der Waals surface area (Å²) >= 11 is 0. The Bertz CT molecular complexity index is 451. The second-order valence-corrected chi connectivity index (χ2v) is 4.73. The van der Waals surface area contributed by atoms with Crippen LogP contribution >= 0.6 is 0 Å². The number of likely N-dealkylation sites (tertiary alicyclic amines) is 1. The predicted octanol–water partition coefficient (Wildman–Crippen LogP) is 1.66. The Balaban J connectivity index is 2.00. The van der Waals surface area contributed by atoms with E-state index in [0.717, 1.165) is 25.5 Å². The number of piperidine rings is 1. The lowest BCUT2D eigenvalue weighted by Crippen LogP contribution is -2.40. The van der Waals surface area contributed by atoms with Crippen molar-refractivity contribution in [1.29, 1.82) is 0 Å². The van der Waals surface area contributed by atoms with Crippen LogP contribution in [0.5, 0.6) is 0 Å². The molecule has 0 bridgehead atoms. The Hall–Kier alpha value is -1.49. The summed E-state index contributed by atoms with van der Waals surface area (Å²) in [6.07, 6.45) is 1.71. The summed E-state index contributed by atoms with van der Waals surface area (Å²) < 4.78 is 25.9. The summed E-state index contributed by atoms with van der Waals surface area (Å²) in [7, 11) is 0. The van der Waals surface area contributed by atoms with Crippen LogP contribution in [0, 0.1) is 17.6 Å². The monoisotopic (exact) mass is 254 g/mol. The quantitative estimate of drug-likeness (QED) is 0.891. The van der Waals surface area contributed by atoms with Crippen LogP contribution in [0.4, 0.5) is 8.78 Å². The average Bonchev–Trinajstić information content (AvgIpc) is 2.34.